The van der Waals surface area contributed by atoms with Crippen molar-refractivity contribution in [2.24, 2.45) is 5.28 Å². The van der Waals surface area contributed by atoms with Crippen LogP contribution in [0.15, 0.2) is 23.5 Å². The minimum Gasteiger partial charge on any atom is -0.394 e. The van der Waals surface area contributed by atoms with E-state index in [9.17, 15) is 0 Å². The minimum atomic E-state index is 0.471. The summed E-state index contributed by atoms with van der Waals surface area (Å²) in [6.45, 7) is 0. The van der Waals surface area contributed by atoms with E-state index in [4.69, 9.17) is 16.1 Å². The summed E-state index contributed by atoms with van der Waals surface area (Å²) in [6, 6.07) is 5.14. The number of hydrogen-bond acceptors (Lipinski definition) is 5. The number of fused-ring (bicyclic) bond motifs is 1. The SMILES string of the molecule is [N-]=[N+]=NOc1ccc2nc(N)sc2c1. The zero-order chi connectivity index (χ0) is 9.97. The third-order valence-electron chi connectivity index (χ3n) is 1.56. The Bertz CT molecular complexity index is 516. The van der Waals surface area contributed by atoms with Crippen LogP contribution in [0.2, 0.25) is 0 Å². The molecule has 0 bridgehead atoms. The van der Waals surface area contributed by atoms with Gasteiger partial charge in [-0.2, -0.15) is 0 Å². The monoisotopic (exact) mass is 207 g/mol. The zero-order valence-corrected chi connectivity index (χ0v) is 7.73. The number of thiazole rings is 1. The van der Waals surface area contributed by atoms with Gasteiger partial charge in [-0.1, -0.05) is 11.3 Å². The summed E-state index contributed by atoms with van der Waals surface area (Å²) in [7, 11) is 0. The molecule has 70 valence electrons. The molecule has 0 saturated carbocycles. The number of nitrogen functional groups attached to an aromatic ring is 1. The molecule has 0 spiro atoms. The third kappa shape index (κ3) is 1.54. The molecule has 0 atom stereocenters. The van der Waals surface area contributed by atoms with E-state index in [0.29, 0.717) is 10.9 Å². The number of aromatic nitrogens is 1. The van der Waals surface area contributed by atoms with Gasteiger partial charge in [0.05, 0.1) is 10.2 Å². The molecule has 7 heteroatoms. The van der Waals surface area contributed by atoms with Gasteiger partial charge < -0.3 is 10.6 Å². The standard InChI is InChI=1S/C7H5N5OS/c8-7-10-5-2-1-4(13-12-11-9)3-6(5)14-7/h1-3H,(H2,8,10). The number of hydrogen-bond donors (Lipinski definition) is 1. The molecule has 6 nitrogen and oxygen atoms in total. The van der Waals surface area contributed by atoms with Crippen molar-refractivity contribution in [2.45, 2.75) is 0 Å². The van der Waals surface area contributed by atoms with E-state index in [0.717, 1.165) is 10.2 Å². The molecule has 2 aromatic rings. The highest BCUT2D eigenvalue weighted by molar-refractivity contribution is 7.22. The van der Waals surface area contributed by atoms with Crippen LogP contribution in [0.4, 0.5) is 5.13 Å². The first-order valence-electron chi connectivity index (χ1n) is 3.67. The van der Waals surface area contributed by atoms with Crippen molar-refractivity contribution in [2.75, 3.05) is 5.73 Å². The fourth-order valence-corrected chi connectivity index (χ4v) is 1.81. The Balaban J connectivity index is 2.44. The van der Waals surface area contributed by atoms with Crippen LogP contribution in [-0.2, 0) is 0 Å². The van der Waals surface area contributed by atoms with Crippen LogP contribution >= 0.6 is 11.3 Å². The van der Waals surface area contributed by atoms with E-state index in [1.807, 2.05) is 0 Å². The second-order valence-corrected chi connectivity index (χ2v) is 3.51. The van der Waals surface area contributed by atoms with E-state index in [-0.39, 0.29) is 0 Å². The average molecular weight is 207 g/mol. The first-order valence-corrected chi connectivity index (χ1v) is 4.49. The minimum absolute atomic E-state index is 0.471. The molecule has 0 aliphatic heterocycles. The summed E-state index contributed by atoms with van der Waals surface area (Å²) in [5.74, 6) is 0.471. The molecule has 1 aromatic carbocycles. The second-order valence-electron chi connectivity index (χ2n) is 2.44. The normalized spacial score (nSPS) is 9.71. The van der Waals surface area contributed by atoms with Crippen molar-refractivity contribution in [3.63, 3.8) is 0 Å². The maximum Gasteiger partial charge on any atom is 0.181 e. The van der Waals surface area contributed by atoms with Gasteiger partial charge in [0, 0.05) is 11.0 Å². The molecule has 0 aliphatic rings. The molecule has 0 radical (unpaired) electrons. The maximum atomic E-state index is 8.05. The van der Waals surface area contributed by atoms with Crippen molar-refractivity contribution in [3.05, 3.63) is 28.6 Å². The van der Waals surface area contributed by atoms with E-state index in [1.165, 1.54) is 11.3 Å². The number of nitrogens with zero attached hydrogens (tertiary/aromatic N) is 4. The molecular weight excluding hydrogens is 202 g/mol. The highest BCUT2D eigenvalue weighted by Crippen LogP contribution is 2.27. The Kier molecular flexibility index (Phi) is 2.10. The highest BCUT2D eigenvalue weighted by Gasteiger charge is 2.01. The van der Waals surface area contributed by atoms with E-state index >= 15 is 0 Å². The molecular formula is C7H5N5OS. The van der Waals surface area contributed by atoms with Crippen molar-refractivity contribution < 1.29 is 4.84 Å². The van der Waals surface area contributed by atoms with Crippen LogP contribution in [-0.4, -0.2) is 4.98 Å². The van der Waals surface area contributed by atoms with Gasteiger partial charge in [0.1, 0.15) is 11.0 Å². The molecule has 14 heavy (non-hydrogen) atoms. The van der Waals surface area contributed by atoms with Crippen molar-refractivity contribution in [3.8, 4) is 5.75 Å². The number of nitrogens with two attached hydrogens (primary N) is 1. The molecule has 2 N–H and O–H groups in total. The maximum absolute atomic E-state index is 8.05. The topological polar surface area (TPSA) is 96.9 Å². The quantitative estimate of drug-likeness (QED) is 0.354. The second kappa shape index (κ2) is 3.41. The van der Waals surface area contributed by atoms with Crippen LogP contribution in [0.5, 0.6) is 5.75 Å². The van der Waals surface area contributed by atoms with E-state index in [2.05, 4.69) is 15.2 Å². The summed E-state index contributed by atoms with van der Waals surface area (Å²) in [5.41, 5.74) is 14.4. The lowest BCUT2D eigenvalue weighted by Gasteiger charge is -1.95. The Morgan fingerprint density at radius 1 is 1.57 bits per heavy atom. The van der Waals surface area contributed by atoms with Gasteiger partial charge in [0.25, 0.3) is 0 Å². The Morgan fingerprint density at radius 3 is 3.21 bits per heavy atom. The molecule has 0 saturated heterocycles. The molecule has 2 rings (SSSR count). The van der Waals surface area contributed by atoms with Crippen molar-refractivity contribution in [1.29, 1.82) is 0 Å². The average Bonchev–Trinajstić information content (AvgIpc) is 2.54. The fraction of sp³-hybridized carbons (Fsp3) is 0. The van der Waals surface area contributed by atoms with Gasteiger partial charge in [-0.3, -0.25) is 0 Å². The Labute approximate surface area is 82.5 Å². The smallest absolute Gasteiger partial charge is 0.181 e. The molecule has 0 aliphatic carbocycles. The van der Waals surface area contributed by atoms with Crippen molar-refractivity contribution >= 4 is 26.7 Å². The molecule has 1 aromatic heterocycles. The van der Waals surface area contributed by atoms with E-state index in [1.54, 1.807) is 18.2 Å². The first-order chi connectivity index (χ1) is 6.79. The van der Waals surface area contributed by atoms with Crippen LogP contribution in [0.1, 0.15) is 0 Å². The predicted octanol–water partition coefficient (Wildman–Crippen LogP) is 2.48. The van der Waals surface area contributed by atoms with Gasteiger partial charge in [-0.05, 0) is 17.7 Å². The highest BCUT2D eigenvalue weighted by atomic mass is 32.1. The third-order valence-corrected chi connectivity index (χ3v) is 2.41. The van der Waals surface area contributed by atoms with Crippen LogP contribution < -0.4 is 10.6 Å². The predicted molar refractivity (Wildman–Crippen MR) is 53.8 cm³/mol. The van der Waals surface area contributed by atoms with Gasteiger partial charge in [-0.15, -0.1) is 0 Å². The lowest BCUT2D eigenvalue weighted by atomic mass is 10.3. The number of azide groups is 1. The Morgan fingerprint density at radius 2 is 2.43 bits per heavy atom. The van der Waals surface area contributed by atoms with Crippen LogP contribution in [0, 0.1) is 0 Å². The summed E-state index contributed by atoms with van der Waals surface area (Å²) >= 11 is 1.35. The van der Waals surface area contributed by atoms with Crippen LogP contribution in [0.25, 0.3) is 20.7 Å². The van der Waals surface area contributed by atoms with Crippen LogP contribution in [0.3, 0.4) is 0 Å². The molecule has 0 unspecified atom stereocenters. The summed E-state index contributed by atoms with van der Waals surface area (Å²) < 4.78 is 0.896. The lowest BCUT2D eigenvalue weighted by molar-refractivity contribution is 0.333. The van der Waals surface area contributed by atoms with Gasteiger partial charge >= 0.3 is 0 Å². The lowest BCUT2D eigenvalue weighted by Crippen LogP contribution is -1.80. The van der Waals surface area contributed by atoms with Gasteiger partial charge in [0.15, 0.2) is 5.13 Å². The van der Waals surface area contributed by atoms with Gasteiger partial charge in [0.2, 0.25) is 0 Å². The van der Waals surface area contributed by atoms with Crippen molar-refractivity contribution in [1.82, 2.24) is 4.98 Å². The fourth-order valence-electron chi connectivity index (χ4n) is 1.04. The largest absolute Gasteiger partial charge is 0.394 e. The number of benzene rings is 1. The number of anilines is 1. The van der Waals surface area contributed by atoms with Gasteiger partial charge in [-0.25, -0.2) is 4.98 Å². The molecule has 0 amide bonds. The first kappa shape index (κ1) is 8.61. The number of rotatable bonds is 2. The zero-order valence-electron chi connectivity index (χ0n) is 6.91. The summed E-state index contributed by atoms with van der Waals surface area (Å²) in [5, 5.41) is 3.49. The van der Waals surface area contributed by atoms with E-state index < -0.39 is 0 Å². The summed E-state index contributed by atoms with van der Waals surface area (Å²) in [4.78, 5) is 11.3. The molecule has 0 fully saturated rings. The Hall–Kier alpha value is -1.98. The molecule has 1 heterocycles. The summed E-state index contributed by atoms with van der Waals surface area (Å²) in [6.07, 6.45) is 0.